The van der Waals surface area contributed by atoms with Gasteiger partial charge in [0.1, 0.15) is 0 Å². The third-order valence-electron chi connectivity index (χ3n) is 2.44. The van der Waals surface area contributed by atoms with Crippen molar-refractivity contribution in [3.63, 3.8) is 0 Å². The Balaban J connectivity index is 2.31. The summed E-state index contributed by atoms with van der Waals surface area (Å²) in [5, 5.41) is 2.64. The summed E-state index contributed by atoms with van der Waals surface area (Å²) in [6.07, 6.45) is 3.40. The number of carbonyl (C=O) groups is 1. The van der Waals surface area contributed by atoms with Crippen LogP contribution < -0.4 is 5.32 Å². The topological polar surface area (TPSA) is 41.6 Å². The zero-order valence-electron chi connectivity index (χ0n) is 9.08. The minimum absolute atomic E-state index is 0.00907. The minimum Gasteiger partial charge on any atom is -0.376 e. The van der Waals surface area contributed by atoms with Gasteiger partial charge in [0.05, 0.1) is 6.10 Å². The van der Waals surface area contributed by atoms with Gasteiger partial charge in [0.15, 0.2) is 0 Å². The monoisotopic (exact) mass is 200 g/mol. The molecule has 14 heavy (non-hydrogen) atoms. The first-order chi connectivity index (χ1) is 6.77. The molecule has 1 fully saturated rings. The van der Waals surface area contributed by atoms with Crippen LogP contribution >= 0.6 is 0 Å². The summed E-state index contributed by atoms with van der Waals surface area (Å²) in [5.74, 6) is 0. The number of hydrogen-bond acceptors (Lipinski definition) is 2. The summed E-state index contributed by atoms with van der Waals surface area (Å²) >= 11 is 0. The van der Waals surface area contributed by atoms with Gasteiger partial charge < -0.3 is 15.0 Å². The standard InChI is InChI=1S/C10H20N2O2/c1-3-7-14-9-5-4-6-12(8-9)10(13)11-2/h9H,3-8H2,1-2H3,(H,11,13). The highest BCUT2D eigenvalue weighted by molar-refractivity contribution is 5.73. The van der Waals surface area contributed by atoms with Gasteiger partial charge in [-0.05, 0) is 19.3 Å². The van der Waals surface area contributed by atoms with Crippen LogP contribution in [-0.2, 0) is 4.74 Å². The van der Waals surface area contributed by atoms with Gasteiger partial charge >= 0.3 is 6.03 Å². The molecule has 1 heterocycles. The number of nitrogens with zero attached hydrogens (tertiary/aromatic N) is 1. The molecule has 0 spiro atoms. The van der Waals surface area contributed by atoms with Crippen molar-refractivity contribution in [3.05, 3.63) is 0 Å². The molecule has 1 unspecified atom stereocenters. The highest BCUT2D eigenvalue weighted by Crippen LogP contribution is 2.13. The van der Waals surface area contributed by atoms with E-state index in [2.05, 4.69) is 12.2 Å². The number of piperidine rings is 1. The second-order valence-corrected chi connectivity index (χ2v) is 3.64. The van der Waals surface area contributed by atoms with Crippen molar-refractivity contribution in [2.45, 2.75) is 32.3 Å². The van der Waals surface area contributed by atoms with Gasteiger partial charge in [-0.15, -0.1) is 0 Å². The third-order valence-corrected chi connectivity index (χ3v) is 2.44. The maximum atomic E-state index is 11.3. The van der Waals surface area contributed by atoms with Crippen LogP contribution in [-0.4, -0.2) is 43.8 Å². The van der Waals surface area contributed by atoms with Crippen LogP contribution in [0.4, 0.5) is 4.79 Å². The Morgan fingerprint density at radius 1 is 1.64 bits per heavy atom. The second kappa shape index (κ2) is 5.86. The van der Waals surface area contributed by atoms with Crippen LogP contribution in [0.15, 0.2) is 0 Å². The van der Waals surface area contributed by atoms with Crippen LogP contribution in [0, 0.1) is 0 Å². The fourth-order valence-corrected chi connectivity index (χ4v) is 1.70. The van der Waals surface area contributed by atoms with Crippen LogP contribution in [0.3, 0.4) is 0 Å². The van der Waals surface area contributed by atoms with E-state index >= 15 is 0 Å². The van der Waals surface area contributed by atoms with Crippen LogP contribution in [0.2, 0.25) is 0 Å². The van der Waals surface area contributed by atoms with E-state index in [1.807, 2.05) is 4.90 Å². The number of likely N-dealkylation sites (tertiary alicyclic amines) is 1. The van der Waals surface area contributed by atoms with Crippen molar-refractivity contribution in [2.75, 3.05) is 26.7 Å². The molecule has 4 nitrogen and oxygen atoms in total. The van der Waals surface area contributed by atoms with E-state index in [1.165, 1.54) is 0 Å². The molecule has 1 saturated heterocycles. The minimum atomic E-state index is 0.00907. The van der Waals surface area contributed by atoms with Crippen LogP contribution in [0.1, 0.15) is 26.2 Å². The van der Waals surface area contributed by atoms with Crippen molar-refractivity contribution in [2.24, 2.45) is 0 Å². The van der Waals surface area contributed by atoms with Gasteiger partial charge in [-0.1, -0.05) is 6.92 Å². The number of hydrogen-bond donors (Lipinski definition) is 1. The highest BCUT2D eigenvalue weighted by Gasteiger charge is 2.22. The number of urea groups is 1. The molecule has 0 aliphatic carbocycles. The van der Waals surface area contributed by atoms with E-state index in [9.17, 15) is 4.79 Å². The SMILES string of the molecule is CCCOC1CCCN(C(=O)NC)C1. The molecular weight excluding hydrogens is 180 g/mol. The Kier molecular flexibility index (Phi) is 4.73. The summed E-state index contributed by atoms with van der Waals surface area (Å²) < 4.78 is 5.64. The van der Waals surface area contributed by atoms with Gasteiger partial charge in [0.2, 0.25) is 0 Å². The second-order valence-electron chi connectivity index (χ2n) is 3.64. The van der Waals surface area contributed by atoms with Gasteiger partial charge in [-0.2, -0.15) is 0 Å². The zero-order valence-corrected chi connectivity index (χ0v) is 9.08. The Labute approximate surface area is 85.6 Å². The van der Waals surface area contributed by atoms with Crippen molar-refractivity contribution < 1.29 is 9.53 Å². The Bertz CT molecular complexity index is 185. The Morgan fingerprint density at radius 3 is 3.07 bits per heavy atom. The van der Waals surface area contributed by atoms with E-state index in [1.54, 1.807) is 7.05 Å². The first kappa shape index (κ1) is 11.3. The van der Waals surface area contributed by atoms with Gasteiger partial charge in [0.25, 0.3) is 0 Å². The first-order valence-corrected chi connectivity index (χ1v) is 5.36. The van der Waals surface area contributed by atoms with E-state index in [4.69, 9.17) is 4.74 Å². The number of amides is 2. The molecule has 0 saturated carbocycles. The molecule has 2 amide bonds. The van der Waals surface area contributed by atoms with Gasteiger partial charge in [0, 0.05) is 26.7 Å². The van der Waals surface area contributed by atoms with E-state index < -0.39 is 0 Å². The predicted molar refractivity (Wildman–Crippen MR) is 55.3 cm³/mol. The van der Waals surface area contributed by atoms with E-state index in [0.29, 0.717) is 0 Å². The van der Waals surface area contributed by atoms with E-state index in [0.717, 1.165) is 39.0 Å². The summed E-state index contributed by atoms with van der Waals surface area (Å²) in [7, 11) is 1.67. The van der Waals surface area contributed by atoms with Gasteiger partial charge in [-0.25, -0.2) is 4.79 Å². The largest absolute Gasteiger partial charge is 0.376 e. The summed E-state index contributed by atoms with van der Waals surface area (Å²) in [5.41, 5.74) is 0. The highest BCUT2D eigenvalue weighted by atomic mass is 16.5. The fourth-order valence-electron chi connectivity index (χ4n) is 1.70. The molecule has 1 atom stereocenters. The zero-order chi connectivity index (χ0) is 10.4. The van der Waals surface area contributed by atoms with Crippen molar-refractivity contribution in [3.8, 4) is 0 Å². The Hall–Kier alpha value is -0.770. The molecule has 1 rings (SSSR count). The molecule has 0 bridgehead atoms. The number of ether oxygens (including phenoxy) is 1. The molecule has 1 aliphatic heterocycles. The van der Waals surface area contributed by atoms with Crippen LogP contribution in [0.25, 0.3) is 0 Å². The first-order valence-electron chi connectivity index (χ1n) is 5.36. The molecule has 82 valence electrons. The van der Waals surface area contributed by atoms with Crippen molar-refractivity contribution in [1.82, 2.24) is 10.2 Å². The molecule has 0 radical (unpaired) electrons. The molecule has 1 aliphatic rings. The van der Waals surface area contributed by atoms with Crippen molar-refractivity contribution >= 4 is 6.03 Å². The molecule has 0 aromatic rings. The quantitative estimate of drug-likeness (QED) is 0.744. The lowest BCUT2D eigenvalue weighted by atomic mass is 10.1. The molecule has 1 N–H and O–H groups in total. The number of rotatable bonds is 3. The smallest absolute Gasteiger partial charge is 0.317 e. The third kappa shape index (κ3) is 3.18. The lowest BCUT2D eigenvalue weighted by Crippen LogP contribution is -2.46. The normalized spacial score (nSPS) is 22.1. The predicted octanol–water partition coefficient (Wildman–Crippen LogP) is 1.22. The number of carbonyl (C=O) groups excluding carboxylic acids is 1. The van der Waals surface area contributed by atoms with E-state index in [-0.39, 0.29) is 12.1 Å². The maximum absolute atomic E-state index is 11.3. The average Bonchev–Trinajstić information content (AvgIpc) is 2.25. The lowest BCUT2D eigenvalue weighted by molar-refractivity contribution is 0.0103. The summed E-state index contributed by atoms with van der Waals surface area (Å²) in [6.45, 7) is 4.48. The average molecular weight is 200 g/mol. The molecular formula is C10H20N2O2. The lowest BCUT2D eigenvalue weighted by Gasteiger charge is -2.32. The molecule has 0 aromatic carbocycles. The summed E-state index contributed by atoms with van der Waals surface area (Å²) in [4.78, 5) is 13.2. The summed E-state index contributed by atoms with van der Waals surface area (Å²) in [6, 6.07) is 0.00907. The maximum Gasteiger partial charge on any atom is 0.317 e. The van der Waals surface area contributed by atoms with Crippen LogP contribution in [0.5, 0.6) is 0 Å². The number of nitrogens with one attached hydrogen (secondary N) is 1. The van der Waals surface area contributed by atoms with Crippen molar-refractivity contribution in [1.29, 1.82) is 0 Å². The van der Waals surface area contributed by atoms with Gasteiger partial charge in [-0.3, -0.25) is 0 Å². The fraction of sp³-hybridized carbons (Fsp3) is 0.900. The molecule has 4 heteroatoms. The molecule has 0 aromatic heterocycles. The Morgan fingerprint density at radius 2 is 2.43 bits per heavy atom.